The van der Waals surface area contributed by atoms with Gasteiger partial charge in [-0.1, -0.05) is 17.7 Å². The molecule has 0 fully saturated rings. The van der Waals surface area contributed by atoms with E-state index in [0.717, 1.165) is 24.5 Å². The summed E-state index contributed by atoms with van der Waals surface area (Å²) in [4.78, 5) is 17.4. The number of rotatable bonds is 3. The Labute approximate surface area is 121 Å². The second kappa shape index (κ2) is 5.25. The molecule has 0 radical (unpaired) electrons. The van der Waals surface area contributed by atoms with Crippen molar-refractivity contribution in [1.29, 1.82) is 0 Å². The Balaban J connectivity index is 1.92. The SMILES string of the molecule is Cc1ccc2c(c1)CCCN2c1nc(CC(=O)O)cs1. The van der Waals surface area contributed by atoms with Crippen LogP contribution in [0, 0.1) is 6.92 Å². The van der Waals surface area contributed by atoms with Crippen LogP contribution >= 0.6 is 11.3 Å². The van der Waals surface area contributed by atoms with Gasteiger partial charge >= 0.3 is 5.97 Å². The van der Waals surface area contributed by atoms with Crippen molar-refractivity contribution in [3.8, 4) is 0 Å². The average molecular weight is 288 g/mol. The van der Waals surface area contributed by atoms with Crippen molar-refractivity contribution >= 4 is 28.1 Å². The molecule has 0 spiro atoms. The van der Waals surface area contributed by atoms with Crippen molar-refractivity contribution in [2.24, 2.45) is 0 Å². The van der Waals surface area contributed by atoms with Gasteiger partial charge in [0.2, 0.25) is 0 Å². The van der Waals surface area contributed by atoms with Gasteiger partial charge in [-0.3, -0.25) is 4.79 Å². The van der Waals surface area contributed by atoms with E-state index in [0.29, 0.717) is 5.69 Å². The van der Waals surface area contributed by atoms with Crippen molar-refractivity contribution in [2.45, 2.75) is 26.2 Å². The van der Waals surface area contributed by atoms with Crippen LogP contribution < -0.4 is 4.90 Å². The minimum absolute atomic E-state index is 0.00883. The summed E-state index contributed by atoms with van der Waals surface area (Å²) in [6, 6.07) is 6.48. The lowest BCUT2D eigenvalue weighted by atomic mass is 10.00. The van der Waals surface area contributed by atoms with Crippen LogP contribution in [0.3, 0.4) is 0 Å². The molecule has 0 aliphatic carbocycles. The van der Waals surface area contributed by atoms with Gasteiger partial charge in [-0.2, -0.15) is 0 Å². The summed E-state index contributed by atoms with van der Waals surface area (Å²) in [5.41, 5.74) is 4.47. The maximum Gasteiger partial charge on any atom is 0.309 e. The fraction of sp³-hybridized carbons (Fsp3) is 0.333. The van der Waals surface area contributed by atoms with Gasteiger partial charge in [-0.25, -0.2) is 4.98 Å². The fourth-order valence-electron chi connectivity index (χ4n) is 2.58. The molecule has 2 heterocycles. The molecule has 4 nitrogen and oxygen atoms in total. The predicted molar refractivity (Wildman–Crippen MR) is 80.0 cm³/mol. The number of hydrogen-bond acceptors (Lipinski definition) is 4. The molecule has 0 atom stereocenters. The van der Waals surface area contributed by atoms with Gasteiger partial charge in [0, 0.05) is 17.6 Å². The molecule has 0 amide bonds. The third-order valence-electron chi connectivity index (χ3n) is 3.46. The van der Waals surface area contributed by atoms with Crippen molar-refractivity contribution in [1.82, 2.24) is 4.98 Å². The first-order valence-electron chi connectivity index (χ1n) is 6.67. The third-order valence-corrected chi connectivity index (χ3v) is 4.37. The predicted octanol–water partition coefficient (Wildman–Crippen LogP) is 3.16. The zero-order chi connectivity index (χ0) is 14.1. The Bertz CT molecular complexity index is 651. The molecule has 1 aromatic carbocycles. The lowest BCUT2D eigenvalue weighted by Crippen LogP contribution is -2.24. The van der Waals surface area contributed by atoms with E-state index in [1.807, 2.05) is 5.38 Å². The maximum atomic E-state index is 10.7. The molecule has 0 unspecified atom stereocenters. The second-order valence-electron chi connectivity index (χ2n) is 5.08. The van der Waals surface area contributed by atoms with Crippen molar-refractivity contribution < 1.29 is 9.90 Å². The summed E-state index contributed by atoms with van der Waals surface area (Å²) in [7, 11) is 0. The molecule has 1 aliphatic rings. The van der Waals surface area contributed by atoms with Gasteiger partial charge in [-0.15, -0.1) is 11.3 Å². The van der Waals surface area contributed by atoms with E-state index in [9.17, 15) is 4.79 Å². The van der Waals surface area contributed by atoms with E-state index in [2.05, 4.69) is 35.0 Å². The van der Waals surface area contributed by atoms with Crippen LogP contribution in [-0.2, 0) is 17.6 Å². The van der Waals surface area contributed by atoms with Crippen LogP contribution in [-0.4, -0.2) is 22.6 Å². The van der Waals surface area contributed by atoms with Crippen LogP contribution in [0.4, 0.5) is 10.8 Å². The number of fused-ring (bicyclic) bond motifs is 1. The minimum atomic E-state index is -0.837. The number of aryl methyl sites for hydroxylation is 2. The summed E-state index contributed by atoms with van der Waals surface area (Å²) < 4.78 is 0. The monoisotopic (exact) mass is 288 g/mol. The number of hydrogen-bond donors (Lipinski definition) is 1. The largest absolute Gasteiger partial charge is 0.481 e. The summed E-state index contributed by atoms with van der Waals surface area (Å²) >= 11 is 1.52. The van der Waals surface area contributed by atoms with Crippen molar-refractivity contribution in [3.63, 3.8) is 0 Å². The van der Waals surface area contributed by atoms with Crippen LogP contribution in [0.15, 0.2) is 23.6 Å². The Morgan fingerprint density at radius 2 is 2.35 bits per heavy atom. The highest BCUT2D eigenvalue weighted by Crippen LogP contribution is 2.35. The Kier molecular flexibility index (Phi) is 3.44. The van der Waals surface area contributed by atoms with E-state index < -0.39 is 5.97 Å². The van der Waals surface area contributed by atoms with Crippen LogP contribution in [0.5, 0.6) is 0 Å². The number of thiazole rings is 1. The molecule has 104 valence electrons. The topological polar surface area (TPSA) is 53.4 Å². The first-order valence-corrected chi connectivity index (χ1v) is 7.55. The van der Waals surface area contributed by atoms with Crippen LogP contribution in [0.25, 0.3) is 0 Å². The van der Waals surface area contributed by atoms with Crippen molar-refractivity contribution in [2.75, 3.05) is 11.4 Å². The van der Waals surface area contributed by atoms with Gasteiger partial charge in [0.25, 0.3) is 0 Å². The highest BCUT2D eigenvalue weighted by molar-refractivity contribution is 7.13. The highest BCUT2D eigenvalue weighted by atomic mass is 32.1. The summed E-state index contributed by atoms with van der Waals surface area (Å²) in [5.74, 6) is -0.837. The van der Waals surface area contributed by atoms with Gasteiger partial charge in [0.1, 0.15) is 0 Å². The Morgan fingerprint density at radius 1 is 1.50 bits per heavy atom. The molecule has 0 saturated carbocycles. The number of aromatic nitrogens is 1. The highest BCUT2D eigenvalue weighted by Gasteiger charge is 2.20. The number of benzene rings is 1. The zero-order valence-electron chi connectivity index (χ0n) is 11.3. The lowest BCUT2D eigenvalue weighted by molar-refractivity contribution is -0.136. The first-order chi connectivity index (χ1) is 9.63. The quantitative estimate of drug-likeness (QED) is 0.942. The van der Waals surface area contributed by atoms with Crippen LogP contribution in [0.2, 0.25) is 0 Å². The Morgan fingerprint density at radius 3 is 3.15 bits per heavy atom. The smallest absolute Gasteiger partial charge is 0.309 e. The van der Waals surface area contributed by atoms with Gasteiger partial charge < -0.3 is 10.0 Å². The Hall–Kier alpha value is -1.88. The number of carbonyl (C=O) groups is 1. The molecular formula is C15H16N2O2S. The summed E-state index contributed by atoms with van der Waals surface area (Å²) in [6.45, 7) is 3.05. The van der Waals surface area contributed by atoms with E-state index in [1.54, 1.807) is 0 Å². The van der Waals surface area contributed by atoms with Gasteiger partial charge in [-0.05, 0) is 31.4 Å². The number of carboxylic acids is 1. The minimum Gasteiger partial charge on any atom is -0.481 e. The number of carboxylic acid groups (broad SMARTS) is 1. The van der Waals surface area contributed by atoms with E-state index in [-0.39, 0.29) is 6.42 Å². The molecule has 1 aliphatic heterocycles. The molecule has 0 bridgehead atoms. The van der Waals surface area contributed by atoms with Crippen LogP contribution in [0.1, 0.15) is 23.2 Å². The fourth-order valence-corrected chi connectivity index (χ4v) is 3.45. The molecule has 1 N–H and O–H groups in total. The molecular weight excluding hydrogens is 272 g/mol. The van der Waals surface area contributed by atoms with Gasteiger partial charge in [0.05, 0.1) is 12.1 Å². The molecule has 0 saturated heterocycles. The number of anilines is 2. The molecule has 2 aromatic rings. The van der Waals surface area contributed by atoms with E-state index >= 15 is 0 Å². The first kappa shape index (κ1) is 13.1. The maximum absolute atomic E-state index is 10.7. The third kappa shape index (κ3) is 2.54. The lowest BCUT2D eigenvalue weighted by Gasteiger charge is -2.29. The second-order valence-corrected chi connectivity index (χ2v) is 5.92. The molecule has 1 aromatic heterocycles. The van der Waals surface area contributed by atoms with E-state index in [4.69, 9.17) is 5.11 Å². The summed E-state index contributed by atoms with van der Waals surface area (Å²) in [6.07, 6.45) is 2.19. The van der Waals surface area contributed by atoms with Gasteiger partial charge in [0.15, 0.2) is 5.13 Å². The molecule has 3 rings (SSSR count). The standard InChI is InChI=1S/C15H16N2O2S/c1-10-4-5-13-11(7-10)3-2-6-17(13)15-16-12(9-20-15)8-14(18)19/h4-5,7,9H,2-3,6,8H2,1H3,(H,18,19). The number of aliphatic carboxylic acids is 1. The zero-order valence-corrected chi connectivity index (χ0v) is 12.1. The van der Waals surface area contributed by atoms with E-state index in [1.165, 1.54) is 28.2 Å². The average Bonchev–Trinajstić information content (AvgIpc) is 2.85. The molecule has 20 heavy (non-hydrogen) atoms. The molecule has 5 heteroatoms. The summed E-state index contributed by atoms with van der Waals surface area (Å²) in [5, 5.41) is 11.6. The normalized spacial score (nSPS) is 14.2. The van der Waals surface area contributed by atoms with Crippen molar-refractivity contribution in [3.05, 3.63) is 40.4 Å². The number of nitrogens with zero attached hydrogens (tertiary/aromatic N) is 2.